The third-order valence-electron chi connectivity index (χ3n) is 4.40. The van der Waals surface area contributed by atoms with Gasteiger partial charge in [0, 0.05) is 23.4 Å². The lowest BCUT2D eigenvalue weighted by atomic mass is 10.1. The van der Waals surface area contributed by atoms with E-state index in [2.05, 4.69) is 16.0 Å². The van der Waals surface area contributed by atoms with E-state index in [1.165, 1.54) is 0 Å². The Hall–Kier alpha value is -3.25. The molecule has 0 aromatic heterocycles. The van der Waals surface area contributed by atoms with E-state index in [-0.39, 0.29) is 16.9 Å². The van der Waals surface area contributed by atoms with Crippen molar-refractivity contribution >= 4 is 51.3 Å². The summed E-state index contributed by atoms with van der Waals surface area (Å²) in [5, 5.41) is 10.8. The number of unbranched alkanes of at least 4 members (excludes halogenated alkanes) is 1. The highest BCUT2D eigenvalue weighted by Crippen LogP contribution is 2.17. The van der Waals surface area contributed by atoms with Crippen LogP contribution in [0.1, 0.15) is 36.5 Å². The van der Waals surface area contributed by atoms with Crippen molar-refractivity contribution in [1.82, 2.24) is 5.32 Å². The van der Waals surface area contributed by atoms with Gasteiger partial charge in [0.05, 0.1) is 0 Å². The molecular formula is C23H23N3O2S. The summed E-state index contributed by atoms with van der Waals surface area (Å²) in [5.74, 6) is -0.298. The van der Waals surface area contributed by atoms with Gasteiger partial charge in [-0.3, -0.25) is 14.9 Å². The highest BCUT2D eigenvalue weighted by atomic mass is 32.1. The fourth-order valence-electron chi connectivity index (χ4n) is 2.90. The Bertz CT molecular complexity index is 1050. The number of fused-ring (bicyclic) bond motifs is 1. The predicted molar refractivity (Wildman–Crippen MR) is 122 cm³/mol. The quantitative estimate of drug-likeness (QED) is 0.499. The van der Waals surface area contributed by atoms with Crippen LogP contribution in [0.2, 0.25) is 0 Å². The smallest absolute Gasteiger partial charge is 0.257 e. The highest BCUT2D eigenvalue weighted by molar-refractivity contribution is 7.80. The molecule has 0 radical (unpaired) electrons. The minimum Gasteiger partial charge on any atom is -0.332 e. The van der Waals surface area contributed by atoms with Gasteiger partial charge >= 0.3 is 0 Å². The molecule has 0 fully saturated rings. The second kappa shape index (κ2) is 9.80. The summed E-state index contributed by atoms with van der Waals surface area (Å²) in [6, 6.07) is 20.6. The van der Waals surface area contributed by atoms with Crippen LogP contribution >= 0.6 is 12.2 Å². The highest BCUT2D eigenvalue weighted by Gasteiger charge is 2.09. The van der Waals surface area contributed by atoms with Gasteiger partial charge in [0.15, 0.2) is 5.11 Å². The van der Waals surface area contributed by atoms with E-state index in [0.717, 1.165) is 23.6 Å². The van der Waals surface area contributed by atoms with E-state index in [0.29, 0.717) is 23.4 Å². The van der Waals surface area contributed by atoms with Gasteiger partial charge < -0.3 is 10.6 Å². The zero-order valence-electron chi connectivity index (χ0n) is 16.2. The summed E-state index contributed by atoms with van der Waals surface area (Å²) >= 11 is 5.27. The van der Waals surface area contributed by atoms with Gasteiger partial charge in [-0.1, -0.05) is 49.7 Å². The Morgan fingerprint density at radius 3 is 2.34 bits per heavy atom. The van der Waals surface area contributed by atoms with Gasteiger partial charge in [0.25, 0.3) is 5.91 Å². The summed E-state index contributed by atoms with van der Waals surface area (Å²) in [7, 11) is 0. The summed E-state index contributed by atoms with van der Waals surface area (Å²) in [6.45, 7) is 2.05. The Morgan fingerprint density at radius 1 is 0.862 bits per heavy atom. The lowest BCUT2D eigenvalue weighted by Crippen LogP contribution is -2.34. The number of hydrogen-bond acceptors (Lipinski definition) is 3. The number of anilines is 2. The molecule has 5 nitrogen and oxygen atoms in total. The topological polar surface area (TPSA) is 70.2 Å². The number of carbonyl (C=O) groups is 2. The number of carbonyl (C=O) groups excluding carboxylic acids is 2. The molecule has 2 amide bonds. The maximum atomic E-state index is 12.5. The maximum Gasteiger partial charge on any atom is 0.257 e. The fraction of sp³-hybridized carbons (Fsp3) is 0.174. The molecule has 0 heterocycles. The Morgan fingerprint density at radius 2 is 1.59 bits per heavy atom. The molecule has 0 unspecified atom stereocenters. The van der Waals surface area contributed by atoms with Crippen LogP contribution in [-0.2, 0) is 4.79 Å². The number of thiocarbonyl (C=S) groups is 1. The van der Waals surface area contributed by atoms with Gasteiger partial charge in [-0.25, -0.2) is 0 Å². The van der Waals surface area contributed by atoms with Gasteiger partial charge in [-0.2, -0.15) is 0 Å². The molecule has 0 atom stereocenters. The molecule has 0 aliphatic heterocycles. The number of benzene rings is 3. The van der Waals surface area contributed by atoms with Crippen molar-refractivity contribution in [2.24, 2.45) is 0 Å². The normalized spacial score (nSPS) is 10.4. The third-order valence-corrected chi connectivity index (χ3v) is 4.60. The van der Waals surface area contributed by atoms with Crippen LogP contribution in [0, 0.1) is 0 Å². The average Bonchev–Trinajstić information content (AvgIpc) is 2.72. The molecule has 0 spiro atoms. The van der Waals surface area contributed by atoms with E-state index in [9.17, 15) is 9.59 Å². The minimum atomic E-state index is -0.280. The molecule has 3 aromatic carbocycles. The second-order valence-corrected chi connectivity index (χ2v) is 7.11. The number of amides is 2. The zero-order chi connectivity index (χ0) is 20.6. The van der Waals surface area contributed by atoms with E-state index in [4.69, 9.17) is 12.2 Å². The van der Waals surface area contributed by atoms with Gasteiger partial charge in [-0.05, 0) is 59.7 Å². The van der Waals surface area contributed by atoms with E-state index >= 15 is 0 Å². The molecule has 0 saturated carbocycles. The van der Waals surface area contributed by atoms with Crippen molar-refractivity contribution in [2.45, 2.75) is 26.2 Å². The van der Waals surface area contributed by atoms with Crippen molar-refractivity contribution in [3.63, 3.8) is 0 Å². The van der Waals surface area contributed by atoms with Crippen LogP contribution in [0.4, 0.5) is 11.4 Å². The first kappa shape index (κ1) is 20.5. The molecule has 3 aromatic rings. The van der Waals surface area contributed by atoms with Crippen LogP contribution in [0.25, 0.3) is 10.8 Å². The first-order chi connectivity index (χ1) is 14.0. The largest absolute Gasteiger partial charge is 0.332 e. The van der Waals surface area contributed by atoms with Crippen LogP contribution in [0.5, 0.6) is 0 Å². The first-order valence-corrected chi connectivity index (χ1v) is 9.97. The van der Waals surface area contributed by atoms with Crippen molar-refractivity contribution < 1.29 is 9.59 Å². The second-order valence-electron chi connectivity index (χ2n) is 6.70. The van der Waals surface area contributed by atoms with Crippen LogP contribution in [-0.4, -0.2) is 16.9 Å². The van der Waals surface area contributed by atoms with Crippen molar-refractivity contribution in [3.8, 4) is 0 Å². The fourth-order valence-corrected chi connectivity index (χ4v) is 3.11. The van der Waals surface area contributed by atoms with E-state index in [1.54, 1.807) is 12.1 Å². The van der Waals surface area contributed by atoms with E-state index < -0.39 is 0 Å². The lowest BCUT2D eigenvalue weighted by Gasteiger charge is -2.12. The molecule has 0 saturated heterocycles. The molecule has 6 heteroatoms. The Kier molecular flexibility index (Phi) is 6.92. The Labute approximate surface area is 175 Å². The standard InChI is InChI=1S/C23H23N3O2S/c1-2-3-11-21(27)24-19-9-6-10-20(15-19)25-23(29)26-22(28)18-13-12-16-7-4-5-8-17(16)14-18/h4-10,12-15H,2-3,11H2,1H3,(H,24,27)(H2,25,26,28,29). The minimum absolute atomic E-state index is 0.0174. The van der Waals surface area contributed by atoms with Crippen molar-refractivity contribution in [2.75, 3.05) is 10.6 Å². The van der Waals surface area contributed by atoms with Crippen LogP contribution in [0.15, 0.2) is 66.7 Å². The molecule has 0 aliphatic carbocycles. The van der Waals surface area contributed by atoms with Crippen molar-refractivity contribution in [1.29, 1.82) is 0 Å². The number of rotatable bonds is 6. The van der Waals surface area contributed by atoms with Crippen LogP contribution in [0.3, 0.4) is 0 Å². The summed E-state index contributed by atoms with van der Waals surface area (Å²) < 4.78 is 0. The van der Waals surface area contributed by atoms with Gasteiger partial charge in [0.2, 0.25) is 5.91 Å². The van der Waals surface area contributed by atoms with E-state index in [1.807, 2.05) is 61.5 Å². The van der Waals surface area contributed by atoms with Crippen LogP contribution < -0.4 is 16.0 Å². The molecular weight excluding hydrogens is 382 g/mol. The lowest BCUT2D eigenvalue weighted by molar-refractivity contribution is -0.116. The summed E-state index contributed by atoms with van der Waals surface area (Å²) in [4.78, 5) is 24.4. The summed E-state index contributed by atoms with van der Waals surface area (Å²) in [5.41, 5.74) is 1.90. The molecule has 0 bridgehead atoms. The first-order valence-electron chi connectivity index (χ1n) is 9.56. The number of hydrogen-bond donors (Lipinski definition) is 3. The predicted octanol–water partition coefficient (Wildman–Crippen LogP) is 5.10. The zero-order valence-corrected chi connectivity index (χ0v) is 17.0. The monoisotopic (exact) mass is 405 g/mol. The molecule has 29 heavy (non-hydrogen) atoms. The third kappa shape index (κ3) is 5.86. The molecule has 148 valence electrons. The SMILES string of the molecule is CCCCC(=O)Nc1cccc(NC(=S)NC(=O)c2ccc3ccccc3c2)c1. The molecule has 0 aliphatic rings. The average molecular weight is 406 g/mol. The van der Waals surface area contributed by atoms with Crippen molar-refractivity contribution in [3.05, 3.63) is 72.3 Å². The number of nitrogens with one attached hydrogen (secondary N) is 3. The summed E-state index contributed by atoms with van der Waals surface area (Å²) in [6.07, 6.45) is 2.32. The van der Waals surface area contributed by atoms with Gasteiger partial charge in [0.1, 0.15) is 0 Å². The maximum absolute atomic E-state index is 12.5. The Balaban J connectivity index is 1.60. The molecule has 3 rings (SSSR count). The van der Waals surface area contributed by atoms with Gasteiger partial charge in [-0.15, -0.1) is 0 Å². The molecule has 3 N–H and O–H groups in total.